The molecule has 48 heavy (non-hydrogen) atoms. The highest BCUT2D eigenvalue weighted by Gasteiger charge is 2.33. The van der Waals surface area contributed by atoms with Crippen molar-refractivity contribution in [1.82, 2.24) is 26.6 Å². The number of nitrogens with one attached hydrogen (secondary N) is 5. The highest BCUT2D eigenvalue weighted by atomic mass is 16.2. The lowest BCUT2D eigenvalue weighted by molar-refractivity contribution is -0.136. The van der Waals surface area contributed by atoms with Crippen molar-refractivity contribution in [2.75, 3.05) is 13.1 Å². The average molecular weight is 683 g/mol. The van der Waals surface area contributed by atoms with Crippen LogP contribution >= 0.6 is 0 Å². The van der Waals surface area contributed by atoms with Gasteiger partial charge in [-0.1, -0.05) is 54.9 Å². The van der Waals surface area contributed by atoms with Crippen molar-refractivity contribution < 1.29 is 28.8 Å². The summed E-state index contributed by atoms with van der Waals surface area (Å²) in [6, 6.07) is -4.82. The van der Waals surface area contributed by atoms with Crippen molar-refractivity contribution in [1.29, 1.82) is 0 Å². The number of carbonyl (C=O) groups is 6. The lowest BCUT2D eigenvalue weighted by Crippen LogP contribution is -2.60. The second kappa shape index (κ2) is 24.0. The first-order chi connectivity index (χ1) is 22.5. The van der Waals surface area contributed by atoms with Gasteiger partial charge in [-0.25, -0.2) is 0 Å². The summed E-state index contributed by atoms with van der Waals surface area (Å²) in [7, 11) is 0. The van der Waals surface area contributed by atoms with Gasteiger partial charge in [-0.3, -0.25) is 28.8 Å². The molecule has 0 aliphatic heterocycles. The van der Waals surface area contributed by atoms with Gasteiger partial charge >= 0.3 is 0 Å². The van der Waals surface area contributed by atoms with E-state index in [4.69, 9.17) is 17.2 Å². The number of hydrogen-bond donors (Lipinski definition) is 8. The Morgan fingerprint density at radius 1 is 0.542 bits per heavy atom. The van der Waals surface area contributed by atoms with Crippen molar-refractivity contribution in [2.24, 2.45) is 40.9 Å². The van der Waals surface area contributed by atoms with E-state index in [-0.39, 0.29) is 36.5 Å². The molecule has 7 unspecified atom stereocenters. The minimum Gasteiger partial charge on any atom is -0.368 e. The fourth-order valence-corrected chi connectivity index (χ4v) is 5.26. The molecule has 0 saturated carbocycles. The van der Waals surface area contributed by atoms with Crippen LogP contribution in [0.25, 0.3) is 0 Å². The fourth-order valence-electron chi connectivity index (χ4n) is 5.26. The Hall–Kier alpha value is -3.26. The third kappa shape index (κ3) is 17.8. The first-order valence-electron chi connectivity index (χ1n) is 17.7. The van der Waals surface area contributed by atoms with Crippen molar-refractivity contribution >= 4 is 35.4 Å². The van der Waals surface area contributed by atoms with Gasteiger partial charge in [0.25, 0.3) is 0 Å². The molecule has 0 radical (unpaired) electrons. The van der Waals surface area contributed by atoms with Crippen molar-refractivity contribution in [3.63, 3.8) is 0 Å². The summed E-state index contributed by atoms with van der Waals surface area (Å²) in [6.07, 6.45) is 4.35. The van der Waals surface area contributed by atoms with E-state index in [1.54, 1.807) is 20.8 Å². The summed E-state index contributed by atoms with van der Waals surface area (Å²) in [4.78, 5) is 78.5. The molecular formula is C34H66N8O6. The van der Waals surface area contributed by atoms with Gasteiger partial charge in [0.2, 0.25) is 35.4 Å². The van der Waals surface area contributed by atoms with Crippen LogP contribution in [0.3, 0.4) is 0 Å². The molecule has 7 atom stereocenters. The molecule has 0 aromatic heterocycles. The van der Waals surface area contributed by atoms with Gasteiger partial charge in [0, 0.05) is 5.92 Å². The van der Waals surface area contributed by atoms with Crippen molar-refractivity contribution in [3.8, 4) is 0 Å². The van der Waals surface area contributed by atoms with Crippen LogP contribution in [-0.2, 0) is 28.8 Å². The molecule has 0 fully saturated rings. The van der Waals surface area contributed by atoms with E-state index in [0.717, 1.165) is 0 Å². The molecule has 14 nitrogen and oxygen atoms in total. The van der Waals surface area contributed by atoms with Gasteiger partial charge in [-0.05, 0) is 89.1 Å². The maximum atomic E-state index is 13.7. The summed E-state index contributed by atoms with van der Waals surface area (Å²) in [6.45, 7) is 15.7. The number of primary amides is 1. The second-order valence-electron chi connectivity index (χ2n) is 13.9. The predicted octanol–water partition coefficient (Wildman–Crippen LogP) is 0.948. The summed E-state index contributed by atoms with van der Waals surface area (Å²) < 4.78 is 0. The first-order valence-corrected chi connectivity index (χ1v) is 17.7. The van der Waals surface area contributed by atoms with Gasteiger partial charge < -0.3 is 43.8 Å². The zero-order chi connectivity index (χ0) is 37.0. The number of carbonyl (C=O) groups excluding carboxylic acids is 6. The van der Waals surface area contributed by atoms with Crippen LogP contribution in [-0.4, -0.2) is 78.7 Å². The molecule has 0 bridgehead atoms. The number of hydrogen-bond acceptors (Lipinski definition) is 8. The number of unbranched alkanes of at least 4 members (excludes halogenated alkanes) is 2. The summed E-state index contributed by atoms with van der Waals surface area (Å²) in [5, 5.41) is 13.7. The normalized spacial score (nSPS) is 15.8. The Bertz CT molecular complexity index is 1020. The molecule has 0 aliphatic rings. The van der Waals surface area contributed by atoms with Crippen LogP contribution in [0, 0.1) is 23.7 Å². The van der Waals surface area contributed by atoms with Gasteiger partial charge in [-0.15, -0.1) is 0 Å². The summed E-state index contributed by atoms with van der Waals surface area (Å²) in [5.74, 6) is -3.32. The zero-order valence-electron chi connectivity index (χ0n) is 30.7. The fraction of sp³-hybridized carbons (Fsp3) is 0.824. The Morgan fingerprint density at radius 2 is 1.00 bits per heavy atom. The molecule has 0 aromatic carbocycles. The quantitative estimate of drug-likeness (QED) is 0.0643. The van der Waals surface area contributed by atoms with Crippen LogP contribution in [0.1, 0.15) is 113 Å². The smallest absolute Gasteiger partial charge is 0.243 e. The molecule has 0 heterocycles. The first kappa shape index (κ1) is 44.7. The van der Waals surface area contributed by atoms with Gasteiger partial charge in [0.15, 0.2) is 0 Å². The highest BCUT2D eigenvalue weighted by molar-refractivity contribution is 5.96. The lowest BCUT2D eigenvalue weighted by atomic mass is 9.96. The number of rotatable bonds is 25. The number of nitrogens with two attached hydrogens (primary N) is 3. The van der Waals surface area contributed by atoms with E-state index in [2.05, 4.69) is 26.6 Å². The van der Waals surface area contributed by atoms with Crippen molar-refractivity contribution in [2.45, 2.75) is 143 Å². The lowest BCUT2D eigenvalue weighted by Gasteiger charge is -2.29. The Labute approximate surface area is 288 Å². The molecule has 0 aromatic rings. The van der Waals surface area contributed by atoms with E-state index < -0.39 is 59.7 Å². The summed E-state index contributed by atoms with van der Waals surface area (Å²) >= 11 is 0. The van der Waals surface area contributed by atoms with E-state index in [0.29, 0.717) is 64.0 Å². The van der Waals surface area contributed by atoms with Crippen molar-refractivity contribution in [3.05, 3.63) is 0 Å². The second-order valence-corrected chi connectivity index (χ2v) is 13.9. The standard InChI is InChI=1S/C34H66N8O6/c1-9-22(6)28(34(48)41-27(29(37)43)19-21(4)5)42-33(47)26(15-11-13-17-36)40-32(46)25(14-10-12-16-35)39-31(45)24(8)38-30(44)23(7)18-20(2)3/h20-28H,9-19,35-36H2,1-8H3,(H2,37,43)(H,38,44)(H,39,45)(H,40,46)(H,41,48)(H,42,47). The maximum absolute atomic E-state index is 13.7. The van der Waals surface area contributed by atoms with Gasteiger partial charge in [0.05, 0.1) is 0 Å². The SMILES string of the molecule is CCC(C)C(NC(=O)C(CCCCN)NC(=O)C(CCCCN)NC(=O)C(C)NC(=O)C(C)CC(C)C)C(=O)NC(CC(C)C)C(N)=O. The van der Waals surface area contributed by atoms with E-state index in [9.17, 15) is 28.8 Å². The molecular weight excluding hydrogens is 616 g/mol. The van der Waals surface area contributed by atoms with Crippen LogP contribution < -0.4 is 43.8 Å². The molecule has 6 amide bonds. The maximum Gasteiger partial charge on any atom is 0.243 e. The Balaban J connectivity index is 6.00. The monoisotopic (exact) mass is 683 g/mol. The molecule has 0 spiro atoms. The van der Waals surface area contributed by atoms with Gasteiger partial charge in [0.1, 0.15) is 30.2 Å². The Kier molecular flexibility index (Phi) is 22.3. The third-order valence-corrected chi connectivity index (χ3v) is 8.34. The molecule has 14 heteroatoms. The van der Waals surface area contributed by atoms with Crippen LogP contribution in [0.15, 0.2) is 0 Å². The average Bonchev–Trinajstić information content (AvgIpc) is 3.00. The Morgan fingerprint density at radius 3 is 1.44 bits per heavy atom. The minimum absolute atomic E-state index is 0.0903. The van der Waals surface area contributed by atoms with E-state index >= 15 is 0 Å². The van der Waals surface area contributed by atoms with Crippen LogP contribution in [0.4, 0.5) is 0 Å². The van der Waals surface area contributed by atoms with E-state index in [1.165, 1.54) is 0 Å². The molecule has 0 aliphatic carbocycles. The number of amides is 6. The highest BCUT2D eigenvalue weighted by Crippen LogP contribution is 2.13. The predicted molar refractivity (Wildman–Crippen MR) is 188 cm³/mol. The summed E-state index contributed by atoms with van der Waals surface area (Å²) in [5.41, 5.74) is 16.9. The van der Waals surface area contributed by atoms with Crippen LogP contribution in [0.2, 0.25) is 0 Å². The molecule has 278 valence electrons. The largest absolute Gasteiger partial charge is 0.368 e. The van der Waals surface area contributed by atoms with Gasteiger partial charge in [-0.2, -0.15) is 0 Å². The zero-order valence-corrected chi connectivity index (χ0v) is 30.7. The van der Waals surface area contributed by atoms with Crippen LogP contribution in [0.5, 0.6) is 0 Å². The third-order valence-electron chi connectivity index (χ3n) is 8.34. The topological polar surface area (TPSA) is 241 Å². The van der Waals surface area contributed by atoms with E-state index in [1.807, 2.05) is 34.6 Å². The molecule has 11 N–H and O–H groups in total. The molecule has 0 saturated heterocycles. The minimum atomic E-state index is -1.03. The molecule has 0 rings (SSSR count).